The number of hydrogen-bond donors (Lipinski definition) is 2. The summed E-state index contributed by atoms with van der Waals surface area (Å²) in [5.74, 6) is -0.149. The van der Waals surface area contributed by atoms with Gasteiger partial charge in [-0.2, -0.15) is 0 Å². The molecule has 0 bridgehead atoms. The minimum absolute atomic E-state index is 0.146. The third-order valence-corrected chi connectivity index (χ3v) is 3.76. The number of rotatable bonds is 4. The molecule has 0 aliphatic heterocycles. The normalized spacial score (nSPS) is 10.1. The van der Waals surface area contributed by atoms with Gasteiger partial charge < -0.3 is 10.1 Å². The molecular formula is C15H17N3O3S. The number of amides is 2. The first-order chi connectivity index (χ1) is 10.5. The number of carbonyl (C=O) groups is 2. The number of aromatic nitrogens is 1. The maximum absolute atomic E-state index is 12.1. The zero-order valence-electron chi connectivity index (χ0n) is 12.6. The Labute approximate surface area is 132 Å². The van der Waals surface area contributed by atoms with Crippen molar-refractivity contribution in [2.24, 2.45) is 0 Å². The lowest BCUT2D eigenvalue weighted by molar-refractivity contribution is -0.115. The van der Waals surface area contributed by atoms with E-state index in [0.29, 0.717) is 10.8 Å². The largest absolute Gasteiger partial charge is 0.453 e. The molecule has 0 aliphatic carbocycles. The van der Waals surface area contributed by atoms with Crippen LogP contribution in [0.2, 0.25) is 0 Å². The van der Waals surface area contributed by atoms with Crippen LogP contribution < -0.4 is 10.6 Å². The molecule has 116 valence electrons. The third kappa shape index (κ3) is 4.29. The van der Waals surface area contributed by atoms with Gasteiger partial charge in [-0.3, -0.25) is 10.1 Å². The Bertz CT molecular complexity index is 697. The van der Waals surface area contributed by atoms with E-state index in [9.17, 15) is 9.59 Å². The Balaban J connectivity index is 1.97. The van der Waals surface area contributed by atoms with Crippen LogP contribution >= 0.6 is 11.3 Å². The number of nitrogens with zero attached hydrogens (tertiary/aromatic N) is 1. The molecule has 0 fully saturated rings. The van der Waals surface area contributed by atoms with E-state index in [1.807, 2.05) is 32.0 Å². The number of carbonyl (C=O) groups excluding carboxylic acids is 2. The molecule has 2 rings (SSSR count). The van der Waals surface area contributed by atoms with E-state index in [4.69, 9.17) is 0 Å². The molecule has 0 radical (unpaired) electrons. The highest BCUT2D eigenvalue weighted by molar-refractivity contribution is 7.13. The molecule has 0 saturated carbocycles. The number of nitrogens with one attached hydrogen (secondary N) is 2. The van der Waals surface area contributed by atoms with E-state index >= 15 is 0 Å². The monoisotopic (exact) mass is 319 g/mol. The first kappa shape index (κ1) is 16.0. The van der Waals surface area contributed by atoms with Crippen LogP contribution in [-0.4, -0.2) is 24.1 Å². The van der Waals surface area contributed by atoms with Gasteiger partial charge in [-0.15, -0.1) is 11.3 Å². The van der Waals surface area contributed by atoms with Crippen LogP contribution in [0.25, 0.3) is 0 Å². The Morgan fingerprint density at radius 1 is 1.27 bits per heavy atom. The number of methoxy groups -OCH3 is 1. The van der Waals surface area contributed by atoms with E-state index < -0.39 is 6.09 Å². The fraction of sp³-hybridized carbons (Fsp3) is 0.267. The van der Waals surface area contributed by atoms with Gasteiger partial charge in [-0.05, 0) is 31.0 Å². The van der Waals surface area contributed by atoms with Gasteiger partial charge >= 0.3 is 6.09 Å². The van der Waals surface area contributed by atoms with Gasteiger partial charge in [0.25, 0.3) is 0 Å². The van der Waals surface area contributed by atoms with Gasteiger partial charge in [0, 0.05) is 11.1 Å². The van der Waals surface area contributed by atoms with E-state index in [0.717, 1.165) is 16.8 Å². The van der Waals surface area contributed by atoms with Crippen molar-refractivity contribution >= 4 is 34.2 Å². The van der Waals surface area contributed by atoms with Crippen molar-refractivity contribution in [3.8, 4) is 0 Å². The van der Waals surface area contributed by atoms with Crippen molar-refractivity contribution < 1.29 is 14.3 Å². The van der Waals surface area contributed by atoms with Crippen molar-refractivity contribution in [1.29, 1.82) is 0 Å². The lowest BCUT2D eigenvalue weighted by atomic mass is 10.1. The standard InChI is InChI=1S/C15H17N3O3S/c1-9-4-5-10(2)12(6-9)17-13(19)7-11-8-22-14(16-11)18-15(20)21-3/h4-6,8H,7H2,1-3H3,(H,17,19)(H,16,18,20). The highest BCUT2D eigenvalue weighted by Gasteiger charge is 2.11. The molecule has 2 N–H and O–H groups in total. The maximum atomic E-state index is 12.1. The topological polar surface area (TPSA) is 80.3 Å². The van der Waals surface area contributed by atoms with Gasteiger partial charge in [0.15, 0.2) is 5.13 Å². The van der Waals surface area contributed by atoms with Crippen LogP contribution in [0.5, 0.6) is 0 Å². The third-order valence-electron chi connectivity index (χ3n) is 2.95. The summed E-state index contributed by atoms with van der Waals surface area (Å²) in [7, 11) is 1.28. The number of aryl methyl sites for hydroxylation is 2. The summed E-state index contributed by atoms with van der Waals surface area (Å²) >= 11 is 1.24. The molecule has 0 spiro atoms. The summed E-state index contributed by atoms with van der Waals surface area (Å²) in [6.07, 6.45) is -0.437. The number of benzene rings is 1. The van der Waals surface area contributed by atoms with E-state index in [1.165, 1.54) is 18.4 Å². The quantitative estimate of drug-likeness (QED) is 0.907. The van der Waals surface area contributed by atoms with Gasteiger partial charge in [0.05, 0.1) is 19.2 Å². The first-order valence-corrected chi connectivity index (χ1v) is 7.52. The maximum Gasteiger partial charge on any atom is 0.413 e. The molecule has 7 heteroatoms. The molecule has 0 atom stereocenters. The lowest BCUT2D eigenvalue weighted by Crippen LogP contribution is -2.16. The van der Waals surface area contributed by atoms with E-state index in [2.05, 4.69) is 20.4 Å². The summed E-state index contributed by atoms with van der Waals surface area (Å²) < 4.78 is 4.49. The number of thiazole rings is 1. The second-order valence-electron chi connectivity index (χ2n) is 4.80. The van der Waals surface area contributed by atoms with Crippen LogP contribution in [0.15, 0.2) is 23.6 Å². The smallest absolute Gasteiger partial charge is 0.413 e. The molecule has 6 nitrogen and oxygen atoms in total. The van der Waals surface area contributed by atoms with Crippen molar-refractivity contribution in [3.63, 3.8) is 0 Å². The van der Waals surface area contributed by atoms with Crippen LogP contribution in [0.1, 0.15) is 16.8 Å². The number of ether oxygens (including phenoxy) is 1. The SMILES string of the molecule is COC(=O)Nc1nc(CC(=O)Nc2cc(C)ccc2C)cs1. The molecule has 0 saturated heterocycles. The van der Waals surface area contributed by atoms with Crippen molar-refractivity contribution in [1.82, 2.24) is 4.98 Å². The van der Waals surface area contributed by atoms with Gasteiger partial charge in [-0.1, -0.05) is 12.1 Å². The summed E-state index contributed by atoms with van der Waals surface area (Å²) in [4.78, 5) is 27.3. The summed E-state index contributed by atoms with van der Waals surface area (Å²) in [6.45, 7) is 3.91. The zero-order chi connectivity index (χ0) is 16.1. The van der Waals surface area contributed by atoms with Crippen LogP contribution in [0, 0.1) is 13.8 Å². The van der Waals surface area contributed by atoms with Crippen molar-refractivity contribution in [2.75, 3.05) is 17.7 Å². The van der Waals surface area contributed by atoms with Gasteiger partial charge in [-0.25, -0.2) is 9.78 Å². The molecule has 0 aliphatic rings. The van der Waals surface area contributed by atoms with Gasteiger partial charge in [0.2, 0.25) is 5.91 Å². The highest BCUT2D eigenvalue weighted by Crippen LogP contribution is 2.18. The molecule has 22 heavy (non-hydrogen) atoms. The highest BCUT2D eigenvalue weighted by atomic mass is 32.1. The van der Waals surface area contributed by atoms with Crippen molar-refractivity contribution in [2.45, 2.75) is 20.3 Å². The van der Waals surface area contributed by atoms with Crippen LogP contribution in [0.4, 0.5) is 15.6 Å². The lowest BCUT2D eigenvalue weighted by Gasteiger charge is -2.08. The second kappa shape index (κ2) is 7.04. The Morgan fingerprint density at radius 2 is 2.05 bits per heavy atom. The Hall–Kier alpha value is -2.41. The van der Waals surface area contributed by atoms with Crippen LogP contribution in [0.3, 0.4) is 0 Å². The molecule has 1 aromatic carbocycles. The minimum atomic E-state index is -0.583. The predicted molar refractivity (Wildman–Crippen MR) is 86.4 cm³/mol. The molecule has 1 heterocycles. The zero-order valence-corrected chi connectivity index (χ0v) is 13.4. The first-order valence-electron chi connectivity index (χ1n) is 6.64. The van der Waals surface area contributed by atoms with Gasteiger partial charge in [0.1, 0.15) is 0 Å². The summed E-state index contributed by atoms with van der Waals surface area (Å²) in [5, 5.41) is 7.47. The summed E-state index contributed by atoms with van der Waals surface area (Å²) in [6, 6.07) is 5.89. The fourth-order valence-corrected chi connectivity index (χ4v) is 2.51. The second-order valence-corrected chi connectivity index (χ2v) is 5.66. The summed E-state index contributed by atoms with van der Waals surface area (Å²) in [5.41, 5.74) is 3.48. The van der Waals surface area contributed by atoms with Crippen molar-refractivity contribution in [3.05, 3.63) is 40.4 Å². The molecule has 2 amide bonds. The Kier molecular flexibility index (Phi) is 5.11. The molecular weight excluding hydrogens is 302 g/mol. The molecule has 2 aromatic rings. The fourth-order valence-electron chi connectivity index (χ4n) is 1.81. The minimum Gasteiger partial charge on any atom is -0.453 e. The number of anilines is 2. The van der Waals surface area contributed by atoms with E-state index in [-0.39, 0.29) is 12.3 Å². The van der Waals surface area contributed by atoms with E-state index in [1.54, 1.807) is 5.38 Å². The predicted octanol–water partition coefficient (Wildman–Crippen LogP) is 3.12. The molecule has 1 aromatic heterocycles. The average molecular weight is 319 g/mol. The van der Waals surface area contributed by atoms with Crippen LogP contribution in [-0.2, 0) is 16.0 Å². The number of hydrogen-bond acceptors (Lipinski definition) is 5. The molecule has 0 unspecified atom stereocenters. The Morgan fingerprint density at radius 3 is 2.77 bits per heavy atom. The average Bonchev–Trinajstić information content (AvgIpc) is 2.89.